The van der Waals surface area contributed by atoms with E-state index >= 15 is 0 Å². The zero-order chi connectivity index (χ0) is 26.4. The Kier molecular flexibility index (Phi) is 9.25. The lowest BCUT2D eigenvalue weighted by Crippen LogP contribution is -2.67. The monoisotopic (exact) mass is 492 g/mol. The van der Waals surface area contributed by atoms with Gasteiger partial charge in [0.15, 0.2) is 11.6 Å². The number of esters is 2. The summed E-state index contributed by atoms with van der Waals surface area (Å²) in [4.78, 5) is 51.3. The second-order valence-corrected chi connectivity index (χ2v) is 9.83. The van der Waals surface area contributed by atoms with Gasteiger partial charge >= 0.3 is 18.0 Å². The average Bonchev–Trinajstić information content (AvgIpc) is 3.18. The van der Waals surface area contributed by atoms with Gasteiger partial charge in [0.2, 0.25) is 5.91 Å². The molecule has 35 heavy (non-hydrogen) atoms. The van der Waals surface area contributed by atoms with Gasteiger partial charge in [0.05, 0.1) is 20.3 Å². The van der Waals surface area contributed by atoms with Gasteiger partial charge in [-0.2, -0.15) is 0 Å². The van der Waals surface area contributed by atoms with E-state index in [1.807, 2.05) is 51.1 Å². The van der Waals surface area contributed by atoms with Crippen molar-refractivity contribution in [1.29, 1.82) is 0 Å². The van der Waals surface area contributed by atoms with Crippen LogP contribution in [0.3, 0.4) is 0 Å². The molecule has 2 N–H and O–H groups in total. The van der Waals surface area contributed by atoms with E-state index in [0.29, 0.717) is 6.42 Å². The fraction of sp³-hybridized carbons (Fsp3) is 0.600. The van der Waals surface area contributed by atoms with Crippen LogP contribution in [0, 0.1) is 11.3 Å². The number of amides is 2. The predicted molar refractivity (Wildman–Crippen MR) is 126 cm³/mol. The van der Waals surface area contributed by atoms with Gasteiger partial charge < -0.3 is 24.6 Å². The van der Waals surface area contributed by atoms with Crippen molar-refractivity contribution < 1.29 is 38.5 Å². The normalized spacial score (nSPS) is 21.7. The SMILES string of the molecule is COC(=O)[C@@H](NC(=O)C1(COCc2ccccc2)C(C(C)(C)C)CCN1C(=O)O)[C@@H](C)OC(C)=O. The highest BCUT2D eigenvalue weighted by Crippen LogP contribution is 2.46. The van der Waals surface area contributed by atoms with Crippen LogP contribution in [0.5, 0.6) is 0 Å². The minimum atomic E-state index is -1.62. The molecule has 0 spiro atoms. The van der Waals surface area contributed by atoms with Crippen molar-refractivity contribution >= 4 is 23.9 Å². The Labute approximate surface area is 205 Å². The van der Waals surface area contributed by atoms with Crippen molar-refractivity contribution in [2.24, 2.45) is 11.3 Å². The number of carbonyl (C=O) groups excluding carboxylic acids is 3. The molecule has 1 aromatic carbocycles. The Hall–Kier alpha value is -3.14. The van der Waals surface area contributed by atoms with Gasteiger partial charge in [-0.3, -0.25) is 14.5 Å². The molecular weight excluding hydrogens is 456 g/mol. The number of carboxylic acid groups (broad SMARTS) is 1. The molecular formula is C25H36N2O8. The smallest absolute Gasteiger partial charge is 0.408 e. The summed E-state index contributed by atoms with van der Waals surface area (Å²) in [7, 11) is 1.15. The van der Waals surface area contributed by atoms with Crippen LogP contribution >= 0.6 is 0 Å². The molecule has 1 aromatic rings. The molecule has 0 bridgehead atoms. The molecule has 0 saturated carbocycles. The van der Waals surface area contributed by atoms with Crippen LogP contribution in [0.1, 0.15) is 46.6 Å². The molecule has 0 aliphatic carbocycles. The minimum Gasteiger partial charge on any atom is -0.467 e. The molecule has 0 aromatic heterocycles. The first-order chi connectivity index (χ1) is 16.3. The predicted octanol–water partition coefficient (Wildman–Crippen LogP) is 2.60. The summed E-state index contributed by atoms with van der Waals surface area (Å²) in [5, 5.41) is 12.7. The fourth-order valence-corrected chi connectivity index (χ4v) is 4.81. The lowest BCUT2D eigenvalue weighted by molar-refractivity contribution is -0.159. The van der Waals surface area contributed by atoms with Crippen LogP contribution in [0.25, 0.3) is 0 Å². The molecule has 1 aliphatic heterocycles. The summed E-state index contributed by atoms with van der Waals surface area (Å²) in [6, 6.07) is 7.98. The maximum Gasteiger partial charge on any atom is 0.408 e. The number of nitrogens with zero attached hydrogens (tertiary/aromatic N) is 1. The van der Waals surface area contributed by atoms with Crippen molar-refractivity contribution in [3.63, 3.8) is 0 Å². The Balaban J connectivity index is 2.47. The number of hydrogen-bond donors (Lipinski definition) is 2. The van der Waals surface area contributed by atoms with E-state index in [1.54, 1.807) is 0 Å². The van der Waals surface area contributed by atoms with E-state index in [0.717, 1.165) is 17.6 Å². The molecule has 1 aliphatic rings. The Morgan fingerprint density at radius 2 is 1.83 bits per heavy atom. The van der Waals surface area contributed by atoms with Crippen LogP contribution in [-0.4, -0.2) is 71.9 Å². The summed E-state index contributed by atoms with van der Waals surface area (Å²) in [6.45, 7) is 8.51. The zero-order valence-electron chi connectivity index (χ0n) is 21.2. The van der Waals surface area contributed by atoms with E-state index in [-0.39, 0.29) is 19.8 Å². The molecule has 194 valence electrons. The number of hydrogen-bond acceptors (Lipinski definition) is 7. The van der Waals surface area contributed by atoms with Gasteiger partial charge in [0, 0.05) is 19.4 Å². The van der Waals surface area contributed by atoms with Crippen molar-refractivity contribution in [2.75, 3.05) is 20.3 Å². The number of benzene rings is 1. The molecule has 2 unspecified atom stereocenters. The zero-order valence-corrected chi connectivity index (χ0v) is 21.2. The van der Waals surface area contributed by atoms with Gasteiger partial charge in [-0.15, -0.1) is 0 Å². The largest absolute Gasteiger partial charge is 0.467 e. The second-order valence-electron chi connectivity index (χ2n) is 9.83. The summed E-state index contributed by atoms with van der Waals surface area (Å²) in [5.41, 5.74) is -1.23. The topological polar surface area (TPSA) is 131 Å². The Bertz CT molecular complexity index is 914. The van der Waals surface area contributed by atoms with E-state index in [4.69, 9.17) is 14.2 Å². The Morgan fingerprint density at radius 1 is 1.20 bits per heavy atom. The highest BCUT2D eigenvalue weighted by atomic mass is 16.6. The van der Waals surface area contributed by atoms with Crippen molar-refractivity contribution in [3.05, 3.63) is 35.9 Å². The molecule has 1 fully saturated rings. The Morgan fingerprint density at radius 3 is 2.34 bits per heavy atom. The van der Waals surface area contributed by atoms with Crippen LogP contribution in [0.15, 0.2) is 30.3 Å². The lowest BCUT2D eigenvalue weighted by atomic mass is 9.68. The van der Waals surface area contributed by atoms with Crippen molar-refractivity contribution in [1.82, 2.24) is 10.2 Å². The number of rotatable bonds is 9. The fourth-order valence-electron chi connectivity index (χ4n) is 4.81. The van der Waals surface area contributed by atoms with Crippen LogP contribution in [0.2, 0.25) is 0 Å². The summed E-state index contributed by atoms with van der Waals surface area (Å²) in [5.74, 6) is -2.59. The first kappa shape index (κ1) is 28.1. The molecule has 4 atom stereocenters. The van der Waals surface area contributed by atoms with Crippen molar-refractivity contribution in [3.8, 4) is 0 Å². The minimum absolute atomic E-state index is 0.127. The average molecular weight is 493 g/mol. The van der Waals surface area contributed by atoms with Gasteiger partial charge in [-0.05, 0) is 24.3 Å². The number of carbonyl (C=O) groups is 4. The standard InChI is InChI=1S/C25H36N2O8/c1-16(35-17(2)28)20(21(29)33-6)26-22(30)25(15-34-14-18-10-8-7-9-11-18)19(24(3,4)5)12-13-27(25)23(31)32/h7-11,16,19-20H,12-15H2,1-6H3,(H,26,30)(H,31,32)/t16-,19?,20+,25?/m1/s1. The third-order valence-electron chi connectivity index (χ3n) is 6.37. The number of methoxy groups -OCH3 is 1. The van der Waals surface area contributed by atoms with Crippen LogP contribution in [-0.2, 0) is 35.2 Å². The van der Waals surface area contributed by atoms with E-state index in [1.165, 1.54) is 13.8 Å². The number of nitrogens with one attached hydrogen (secondary N) is 1. The van der Waals surface area contributed by atoms with Gasteiger partial charge in [0.1, 0.15) is 6.10 Å². The quantitative estimate of drug-likeness (QED) is 0.503. The highest BCUT2D eigenvalue weighted by molar-refractivity contribution is 5.94. The molecule has 0 radical (unpaired) electrons. The van der Waals surface area contributed by atoms with Gasteiger partial charge in [-0.25, -0.2) is 9.59 Å². The van der Waals surface area contributed by atoms with E-state index < -0.39 is 53.0 Å². The molecule has 1 saturated heterocycles. The van der Waals surface area contributed by atoms with Crippen LogP contribution in [0.4, 0.5) is 4.79 Å². The first-order valence-electron chi connectivity index (χ1n) is 11.5. The maximum absolute atomic E-state index is 14.0. The van der Waals surface area contributed by atoms with Crippen LogP contribution < -0.4 is 5.32 Å². The van der Waals surface area contributed by atoms with Gasteiger partial charge in [0.25, 0.3) is 0 Å². The summed E-state index contributed by atoms with van der Waals surface area (Å²) in [6.07, 6.45) is -1.88. The molecule has 10 heteroatoms. The van der Waals surface area contributed by atoms with E-state index in [9.17, 15) is 24.3 Å². The maximum atomic E-state index is 14.0. The highest BCUT2D eigenvalue weighted by Gasteiger charge is 2.60. The third-order valence-corrected chi connectivity index (χ3v) is 6.37. The second kappa shape index (κ2) is 11.5. The summed E-state index contributed by atoms with van der Waals surface area (Å²) < 4.78 is 15.9. The summed E-state index contributed by atoms with van der Waals surface area (Å²) >= 11 is 0. The lowest BCUT2D eigenvalue weighted by Gasteiger charge is -2.44. The number of ether oxygens (including phenoxy) is 3. The third kappa shape index (κ3) is 6.50. The van der Waals surface area contributed by atoms with E-state index in [2.05, 4.69) is 5.32 Å². The first-order valence-corrected chi connectivity index (χ1v) is 11.5. The number of likely N-dealkylation sites (tertiary alicyclic amines) is 1. The van der Waals surface area contributed by atoms with Crippen molar-refractivity contribution in [2.45, 2.75) is 65.3 Å². The molecule has 2 rings (SSSR count). The molecule has 2 amide bonds. The molecule has 1 heterocycles. The molecule has 10 nitrogen and oxygen atoms in total. The van der Waals surface area contributed by atoms with Gasteiger partial charge in [-0.1, -0.05) is 51.1 Å².